The SMILES string of the molecule is C=CC1(CO)OC(n2ccc(N(C)C)nc2=O)C(F)C1O. The van der Waals surface area contributed by atoms with E-state index in [1.54, 1.807) is 19.0 Å². The van der Waals surface area contributed by atoms with Gasteiger partial charge in [-0.25, -0.2) is 9.18 Å². The van der Waals surface area contributed by atoms with Gasteiger partial charge in [-0.15, -0.1) is 6.58 Å². The molecule has 1 aromatic heterocycles. The lowest BCUT2D eigenvalue weighted by Crippen LogP contribution is -2.43. The number of aliphatic hydroxyl groups is 2. The minimum absolute atomic E-state index is 0.419. The molecule has 8 heteroatoms. The first-order chi connectivity index (χ1) is 9.86. The van der Waals surface area contributed by atoms with Gasteiger partial charge in [0.2, 0.25) is 0 Å². The normalized spacial score (nSPS) is 32.1. The topological polar surface area (TPSA) is 87.8 Å². The Bertz CT molecular complexity index is 591. The van der Waals surface area contributed by atoms with Crippen LogP contribution in [0.4, 0.5) is 10.2 Å². The van der Waals surface area contributed by atoms with Gasteiger partial charge in [0.1, 0.15) is 17.5 Å². The van der Waals surface area contributed by atoms with Crippen LogP contribution < -0.4 is 10.6 Å². The molecule has 1 aromatic rings. The Kier molecular flexibility index (Phi) is 4.13. The summed E-state index contributed by atoms with van der Waals surface area (Å²) < 4.78 is 20.5. The van der Waals surface area contributed by atoms with Crippen LogP contribution in [0.2, 0.25) is 0 Å². The summed E-state index contributed by atoms with van der Waals surface area (Å²) in [5.41, 5.74) is -2.34. The van der Waals surface area contributed by atoms with Crippen LogP contribution in [0.15, 0.2) is 29.7 Å². The monoisotopic (exact) mass is 299 g/mol. The lowest BCUT2D eigenvalue weighted by Gasteiger charge is -2.25. The van der Waals surface area contributed by atoms with Gasteiger partial charge in [-0.05, 0) is 6.07 Å². The third-order valence-corrected chi connectivity index (χ3v) is 3.56. The molecule has 0 bridgehead atoms. The second-order valence-corrected chi connectivity index (χ2v) is 5.08. The summed E-state index contributed by atoms with van der Waals surface area (Å²) in [6.07, 6.45) is -2.41. The molecule has 4 atom stereocenters. The van der Waals surface area contributed by atoms with Crippen LogP contribution >= 0.6 is 0 Å². The van der Waals surface area contributed by atoms with Crippen LogP contribution in [0.3, 0.4) is 0 Å². The summed E-state index contributed by atoms with van der Waals surface area (Å²) >= 11 is 0. The number of aliphatic hydroxyl groups excluding tert-OH is 2. The van der Waals surface area contributed by atoms with Gasteiger partial charge >= 0.3 is 5.69 Å². The molecule has 2 N–H and O–H groups in total. The average Bonchev–Trinajstić information content (AvgIpc) is 2.72. The first-order valence-electron chi connectivity index (χ1n) is 6.37. The maximum Gasteiger partial charge on any atom is 0.351 e. The van der Waals surface area contributed by atoms with Gasteiger partial charge in [0.05, 0.1) is 6.61 Å². The van der Waals surface area contributed by atoms with E-state index in [1.165, 1.54) is 12.3 Å². The highest BCUT2D eigenvalue weighted by Gasteiger charge is 2.54. The Morgan fingerprint density at radius 3 is 2.76 bits per heavy atom. The van der Waals surface area contributed by atoms with Crippen LogP contribution in [-0.2, 0) is 4.74 Å². The highest BCUT2D eigenvalue weighted by molar-refractivity contribution is 5.33. The maximum absolute atomic E-state index is 14.2. The third-order valence-electron chi connectivity index (χ3n) is 3.56. The Labute approximate surface area is 120 Å². The second kappa shape index (κ2) is 5.55. The molecule has 2 heterocycles. The summed E-state index contributed by atoms with van der Waals surface area (Å²) in [7, 11) is 3.43. The molecular formula is C13H18FN3O4. The Morgan fingerprint density at radius 1 is 1.67 bits per heavy atom. The number of hydrogen-bond donors (Lipinski definition) is 2. The van der Waals surface area contributed by atoms with E-state index in [-0.39, 0.29) is 0 Å². The van der Waals surface area contributed by atoms with Crippen LogP contribution in [0.25, 0.3) is 0 Å². The van der Waals surface area contributed by atoms with Crippen molar-refractivity contribution in [1.29, 1.82) is 0 Å². The number of hydrogen-bond acceptors (Lipinski definition) is 6. The highest BCUT2D eigenvalue weighted by atomic mass is 19.1. The molecular weight excluding hydrogens is 281 g/mol. The predicted molar refractivity (Wildman–Crippen MR) is 73.9 cm³/mol. The van der Waals surface area contributed by atoms with Gasteiger partial charge in [-0.3, -0.25) is 4.57 Å². The number of anilines is 1. The Hall–Kier alpha value is -1.77. The van der Waals surface area contributed by atoms with E-state index in [0.717, 1.165) is 10.6 Å². The van der Waals surface area contributed by atoms with Crippen molar-refractivity contribution >= 4 is 5.82 Å². The van der Waals surface area contributed by atoms with Crippen LogP contribution in [0, 0.1) is 0 Å². The summed E-state index contributed by atoms with van der Waals surface area (Å²) in [5, 5.41) is 19.2. The number of rotatable bonds is 4. The van der Waals surface area contributed by atoms with Crippen molar-refractivity contribution in [1.82, 2.24) is 9.55 Å². The van der Waals surface area contributed by atoms with Crippen molar-refractivity contribution in [2.24, 2.45) is 0 Å². The standard InChI is InChI=1S/C13H18FN3O4/c1-4-13(7-18)10(19)9(14)11(21-13)17-6-5-8(16(2)3)15-12(17)20/h4-6,9-11,18-19H,1,7H2,2-3H3. The zero-order valence-electron chi connectivity index (χ0n) is 11.8. The molecule has 116 valence electrons. The van der Waals surface area contributed by atoms with Crippen molar-refractivity contribution in [3.05, 3.63) is 35.4 Å². The van der Waals surface area contributed by atoms with Gasteiger partial charge in [0.15, 0.2) is 12.4 Å². The molecule has 2 rings (SSSR count). The Balaban J connectivity index is 2.39. The fraction of sp³-hybridized carbons (Fsp3) is 0.538. The molecule has 1 aliphatic heterocycles. The molecule has 21 heavy (non-hydrogen) atoms. The number of alkyl halides is 1. The molecule has 0 aliphatic carbocycles. The first-order valence-corrected chi connectivity index (χ1v) is 6.37. The van der Waals surface area contributed by atoms with Crippen molar-refractivity contribution < 1.29 is 19.3 Å². The number of aromatic nitrogens is 2. The number of halogens is 1. The molecule has 4 unspecified atom stereocenters. The van der Waals surface area contributed by atoms with Crippen molar-refractivity contribution in [2.75, 3.05) is 25.6 Å². The van der Waals surface area contributed by atoms with Gasteiger partial charge in [0.25, 0.3) is 0 Å². The van der Waals surface area contributed by atoms with Gasteiger partial charge < -0.3 is 19.8 Å². The lowest BCUT2D eigenvalue weighted by atomic mass is 9.97. The summed E-state index contributed by atoms with van der Waals surface area (Å²) in [6, 6.07) is 1.52. The van der Waals surface area contributed by atoms with E-state index in [1.807, 2.05) is 0 Å². The predicted octanol–water partition coefficient (Wildman–Crippen LogP) is -0.546. The average molecular weight is 299 g/mol. The fourth-order valence-electron chi connectivity index (χ4n) is 2.21. The highest BCUT2D eigenvalue weighted by Crippen LogP contribution is 2.39. The van der Waals surface area contributed by atoms with E-state index >= 15 is 0 Å². The van der Waals surface area contributed by atoms with Crippen molar-refractivity contribution in [3.8, 4) is 0 Å². The van der Waals surface area contributed by atoms with Gasteiger partial charge in [-0.1, -0.05) is 6.08 Å². The molecule has 7 nitrogen and oxygen atoms in total. The molecule has 0 saturated carbocycles. The summed E-state index contributed by atoms with van der Waals surface area (Å²) in [5.74, 6) is 0.419. The van der Waals surface area contributed by atoms with E-state index in [2.05, 4.69) is 11.6 Å². The maximum atomic E-state index is 14.2. The minimum atomic E-state index is -1.89. The fourth-order valence-corrected chi connectivity index (χ4v) is 2.21. The minimum Gasteiger partial charge on any atom is -0.393 e. The molecule has 0 radical (unpaired) electrons. The van der Waals surface area contributed by atoms with E-state index in [4.69, 9.17) is 4.74 Å². The van der Waals surface area contributed by atoms with E-state index < -0.39 is 36.4 Å². The molecule has 0 aromatic carbocycles. The third kappa shape index (κ3) is 2.45. The smallest absolute Gasteiger partial charge is 0.351 e. The van der Waals surface area contributed by atoms with Gasteiger partial charge in [0, 0.05) is 20.3 Å². The molecule has 1 aliphatic rings. The quantitative estimate of drug-likeness (QED) is 0.726. The first kappa shape index (κ1) is 15.6. The molecule has 0 amide bonds. The molecule has 1 saturated heterocycles. The van der Waals surface area contributed by atoms with Crippen molar-refractivity contribution in [2.45, 2.75) is 24.1 Å². The number of ether oxygens (including phenoxy) is 1. The van der Waals surface area contributed by atoms with E-state index in [0.29, 0.717) is 5.82 Å². The molecule has 1 fully saturated rings. The number of nitrogens with zero attached hydrogens (tertiary/aromatic N) is 3. The zero-order valence-corrected chi connectivity index (χ0v) is 11.8. The summed E-state index contributed by atoms with van der Waals surface area (Å²) in [6.45, 7) is 2.79. The lowest BCUT2D eigenvalue weighted by molar-refractivity contribution is -0.0982. The second-order valence-electron chi connectivity index (χ2n) is 5.08. The van der Waals surface area contributed by atoms with Crippen LogP contribution in [0.1, 0.15) is 6.23 Å². The molecule has 0 spiro atoms. The Morgan fingerprint density at radius 2 is 2.33 bits per heavy atom. The van der Waals surface area contributed by atoms with E-state index in [9.17, 15) is 19.4 Å². The largest absolute Gasteiger partial charge is 0.393 e. The van der Waals surface area contributed by atoms with Gasteiger partial charge in [-0.2, -0.15) is 4.98 Å². The zero-order chi connectivity index (χ0) is 15.8. The van der Waals surface area contributed by atoms with Crippen LogP contribution in [-0.4, -0.2) is 58.3 Å². The van der Waals surface area contributed by atoms with Crippen molar-refractivity contribution in [3.63, 3.8) is 0 Å². The summed E-state index contributed by atoms with van der Waals surface area (Å²) in [4.78, 5) is 17.4. The van der Waals surface area contributed by atoms with Crippen LogP contribution in [0.5, 0.6) is 0 Å².